The van der Waals surface area contributed by atoms with Gasteiger partial charge in [-0.2, -0.15) is 0 Å². The van der Waals surface area contributed by atoms with Crippen LogP contribution < -0.4 is 0 Å². The van der Waals surface area contributed by atoms with E-state index in [0.717, 1.165) is 57.9 Å². The number of hydrogen-bond acceptors (Lipinski definition) is 24. The van der Waals surface area contributed by atoms with Crippen molar-refractivity contribution in [2.24, 2.45) is 0 Å². The van der Waals surface area contributed by atoms with Crippen molar-refractivity contribution >= 4 is 5.97 Å². The highest BCUT2D eigenvalue weighted by Gasteiger charge is 2.27. The number of carbonyl (C=O) groups excluding carboxylic acids is 1. The number of ether oxygens (including phenoxy) is 13. The van der Waals surface area contributed by atoms with E-state index in [-0.39, 0.29) is 145 Å². The predicted molar refractivity (Wildman–Crippen MR) is 363 cm³/mol. The lowest BCUT2D eigenvalue weighted by atomic mass is 10.1. The molecule has 1 fully saturated rings. The summed E-state index contributed by atoms with van der Waals surface area (Å²) in [6.07, 6.45) is 22.0. The predicted octanol–water partition coefficient (Wildman–Crippen LogP) is 4.69. The Kier molecular flexibility index (Phi) is 60.8. The number of nitrogens with zero attached hydrogens (tertiary/aromatic N) is 2. The first-order valence-corrected chi connectivity index (χ1v) is 36.3. The number of aliphatic hydroxyl groups excluding tert-OH is 9. The Balaban J connectivity index is 3.00. The van der Waals surface area contributed by atoms with Gasteiger partial charge in [-0.1, -0.05) is 135 Å². The van der Waals surface area contributed by atoms with Gasteiger partial charge in [0.2, 0.25) is 0 Å². The van der Waals surface area contributed by atoms with Crippen LogP contribution in [0.1, 0.15) is 168 Å². The smallest absolute Gasteiger partial charge is 0.305 e. The molecular formula is C70H139N2O23+. The Morgan fingerprint density at radius 1 is 0.463 bits per heavy atom. The highest BCUT2D eigenvalue weighted by atomic mass is 16.6. The van der Waals surface area contributed by atoms with Gasteiger partial charge in [-0.15, -0.1) is 0 Å². The molecule has 12 atom stereocenters. The molecule has 25 heteroatoms. The Morgan fingerprint density at radius 3 is 1.40 bits per heavy atom. The van der Waals surface area contributed by atoms with Crippen molar-refractivity contribution in [3.63, 3.8) is 0 Å². The van der Waals surface area contributed by atoms with E-state index in [1.54, 1.807) is 0 Å². The average molecular weight is 1380 g/mol. The van der Waals surface area contributed by atoms with Crippen LogP contribution >= 0.6 is 0 Å². The van der Waals surface area contributed by atoms with Crippen molar-refractivity contribution in [3.8, 4) is 0 Å². The van der Waals surface area contributed by atoms with Gasteiger partial charge in [0.25, 0.3) is 0 Å². The van der Waals surface area contributed by atoms with Gasteiger partial charge in [0.1, 0.15) is 80.3 Å². The molecule has 1 aliphatic heterocycles. The number of carbonyl (C=O) groups is 1. The summed E-state index contributed by atoms with van der Waals surface area (Å²) in [7, 11) is 7.84. The molecule has 1 aliphatic rings. The summed E-state index contributed by atoms with van der Waals surface area (Å²) in [6.45, 7) is 3.59. The summed E-state index contributed by atoms with van der Waals surface area (Å²) in [5, 5.41) is 92.6. The molecule has 25 nitrogen and oxygen atoms in total. The molecule has 1 heterocycles. The quantitative estimate of drug-likeness (QED) is 0.0173. The van der Waals surface area contributed by atoms with Crippen LogP contribution in [0.3, 0.4) is 0 Å². The van der Waals surface area contributed by atoms with E-state index in [2.05, 4.69) is 30.9 Å². The van der Waals surface area contributed by atoms with Crippen molar-refractivity contribution in [2.75, 3.05) is 193 Å². The molecule has 0 amide bonds. The number of rotatable bonds is 71. The van der Waals surface area contributed by atoms with E-state index in [1.165, 1.54) is 89.9 Å². The van der Waals surface area contributed by atoms with Crippen molar-refractivity contribution in [1.82, 2.24) is 4.90 Å². The van der Waals surface area contributed by atoms with Crippen molar-refractivity contribution in [1.29, 1.82) is 0 Å². The topological polar surface area (TPSA) is 322 Å². The first-order chi connectivity index (χ1) is 45.9. The van der Waals surface area contributed by atoms with Crippen molar-refractivity contribution in [2.45, 2.75) is 241 Å². The minimum absolute atomic E-state index is 0.00369. The fourth-order valence-electron chi connectivity index (χ4n) is 10.4. The third-order valence-corrected chi connectivity index (χ3v) is 15.6. The van der Waals surface area contributed by atoms with Crippen LogP contribution in [0.4, 0.5) is 0 Å². The maximum absolute atomic E-state index is 12.6. The van der Waals surface area contributed by atoms with Gasteiger partial charge >= 0.3 is 5.97 Å². The number of likely N-dealkylation sites (N-methyl/N-ethyl adjacent to an activating group) is 2. The monoisotopic (exact) mass is 1380 g/mol. The van der Waals surface area contributed by atoms with Gasteiger partial charge < -0.3 is 117 Å². The molecule has 1 saturated heterocycles. The Bertz CT molecular complexity index is 1700. The summed E-state index contributed by atoms with van der Waals surface area (Å²) in [6, 6.07) is 0. The molecule has 1 rings (SSSR count). The van der Waals surface area contributed by atoms with Crippen LogP contribution in [0.5, 0.6) is 0 Å². The second-order valence-electron chi connectivity index (χ2n) is 26.9. The zero-order valence-corrected chi connectivity index (χ0v) is 59.9. The maximum Gasteiger partial charge on any atom is 0.305 e. The molecule has 12 unspecified atom stereocenters. The minimum atomic E-state index is -1.16. The highest BCUT2D eigenvalue weighted by Crippen LogP contribution is 2.15. The number of allylic oxidation sites excluding steroid dienone is 2. The normalized spacial score (nSPS) is 18.1. The summed E-state index contributed by atoms with van der Waals surface area (Å²) >= 11 is 0. The molecule has 0 aromatic carbocycles. The van der Waals surface area contributed by atoms with Crippen molar-refractivity contribution in [3.05, 3.63) is 12.2 Å². The molecule has 0 aliphatic carbocycles. The zero-order chi connectivity index (χ0) is 69.8. The third-order valence-electron chi connectivity index (χ3n) is 15.6. The van der Waals surface area contributed by atoms with Gasteiger partial charge in [-0.05, 0) is 52.1 Å². The molecule has 0 bridgehead atoms. The maximum atomic E-state index is 12.6. The van der Waals surface area contributed by atoms with Gasteiger partial charge in [-0.3, -0.25) is 4.79 Å². The van der Waals surface area contributed by atoms with Gasteiger partial charge in [-0.25, -0.2) is 0 Å². The first kappa shape index (κ1) is 91.3. The standard InChI is InChI=1S/C70H139N2O23/c1-7-9-11-13-15-17-19-20-21-22-23-24-26-28-30-32-70(82)93-57-64(37-74)91-46-63(81)45-86-49-66(92-47-62(80)44-83-39-58(76)34-71(3)33-31-29-27-25-18-16-14-12-10-8-2)50-89-55-69(52-87-43-61(79)42-84-41-60(78)36-73)95-68(51-85-40-59(77)35-72(4,5)6)56-90-54-67-53-88-48-65(38-75)94-67/h20-21,58-69,73-81H,7-19,22-57H2,1-6H3/q+1/b21-20-. The van der Waals surface area contributed by atoms with E-state index in [0.29, 0.717) is 24.0 Å². The van der Waals surface area contributed by atoms with E-state index in [1.807, 2.05) is 28.2 Å². The van der Waals surface area contributed by atoms with Gasteiger partial charge in [0.05, 0.1) is 166 Å². The summed E-state index contributed by atoms with van der Waals surface area (Å²) in [5.74, 6) is -0.378. The Hall–Kier alpha value is -1.71. The largest absolute Gasteiger partial charge is 0.463 e. The highest BCUT2D eigenvalue weighted by molar-refractivity contribution is 5.69. The molecule has 9 N–H and O–H groups in total. The van der Waals surface area contributed by atoms with Crippen LogP contribution in [0.15, 0.2) is 12.2 Å². The van der Waals surface area contributed by atoms with Crippen molar-refractivity contribution < 1.29 is 117 Å². The molecular weight excluding hydrogens is 1240 g/mol. The third kappa shape index (κ3) is 58.6. The van der Waals surface area contributed by atoms with Crippen LogP contribution in [0.2, 0.25) is 0 Å². The molecule has 0 aromatic heterocycles. The SMILES string of the molecule is CCCCCCCC/C=C\CCCCCCCC(=O)OCC(CO)OCC(O)COCC(COCC(COCC(O)COCC(O)CO)OC(COCC(O)C[N+](C)(C)C)COCC1COCC(CO)O1)OCC(O)COCC(O)CN(C)CCCCCCCCCCCC. The van der Waals surface area contributed by atoms with Crippen LogP contribution in [0.25, 0.3) is 0 Å². The lowest BCUT2D eigenvalue weighted by Crippen LogP contribution is -2.44. The lowest BCUT2D eigenvalue weighted by molar-refractivity contribution is -0.873. The molecule has 566 valence electrons. The van der Waals surface area contributed by atoms with Crippen LogP contribution in [0, 0.1) is 0 Å². The molecule has 0 radical (unpaired) electrons. The fraction of sp³-hybridized carbons (Fsp3) is 0.957. The van der Waals surface area contributed by atoms with Crippen LogP contribution in [-0.4, -0.2) is 328 Å². The lowest BCUT2D eigenvalue weighted by Gasteiger charge is -2.30. The zero-order valence-electron chi connectivity index (χ0n) is 59.9. The van der Waals surface area contributed by atoms with Gasteiger partial charge in [0.15, 0.2) is 0 Å². The first-order valence-electron chi connectivity index (χ1n) is 36.3. The number of esters is 1. The number of hydrogen-bond donors (Lipinski definition) is 9. The fourth-order valence-corrected chi connectivity index (χ4v) is 10.4. The number of unbranched alkanes of at least 4 members (excludes halogenated alkanes) is 20. The second kappa shape index (κ2) is 63.2. The summed E-state index contributed by atoms with van der Waals surface area (Å²) in [4.78, 5) is 14.6. The molecule has 0 saturated carbocycles. The van der Waals surface area contributed by atoms with E-state index in [4.69, 9.17) is 66.7 Å². The van der Waals surface area contributed by atoms with Crippen LogP contribution in [-0.2, 0) is 66.4 Å². The second-order valence-corrected chi connectivity index (χ2v) is 26.9. The molecule has 95 heavy (non-hydrogen) atoms. The molecule has 0 spiro atoms. The Morgan fingerprint density at radius 2 is 0.884 bits per heavy atom. The van der Waals surface area contributed by atoms with Gasteiger partial charge in [0, 0.05) is 13.0 Å². The van der Waals surface area contributed by atoms with E-state index >= 15 is 0 Å². The van der Waals surface area contributed by atoms with E-state index in [9.17, 15) is 45.6 Å². The van der Waals surface area contributed by atoms with E-state index < -0.39 is 86.5 Å². The average Bonchev–Trinajstić information content (AvgIpc) is 2.80. The summed E-state index contributed by atoms with van der Waals surface area (Å²) < 4.78 is 76.8. The summed E-state index contributed by atoms with van der Waals surface area (Å²) in [5.41, 5.74) is 0. The molecule has 0 aromatic rings. The minimum Gasteiger partial charge on any atom is -0.463 e. The Labute approximate surface area is 572 Å². The number of aliphatic hydroxyl groups is 9. The number of quaternary nitrogens is 1.